The molecule has 5 aromatic heterocycles. The van der Waals surface area contributed by atoms with Crippen molar-refractivity contribution in [3.63, 3.8) is 0 Å². The Morgan fingerprint density at radius 3 is 1.54 bits per heavy atom. The molecule has 0 aliphatic heterocycles. The summed E-state index contributed by atoms with van der Waals surface area (Å²) in [7, 11) is 1.63. The van der Waals surface area contributed by atoms with Crippen LogP contribution in [0.2, 0.25) is 5.15 Å². The van der Waals surface area contributed by atoms with Gasteiger partial charge in [0.25, 0.3) is 5.82 Å². The van der Waals surface area contributed by atoms with E-state index in [1.165, 1.54) is 27.8 Å². The minimum atomic E-state index is 0.163. The van der Waals surface area contributed by atoms with E-state index >= 15 is 0 Å². The van der Waals surface area contributed by atoms with Gasteiger partial charge in [0.15, 0.2) is 0 Å². The fourth-order valence-corrected chi connectivity index (χ4v) is 4.61. The molecule has 0 saturated carbocycles. The number of pyridine rings is 5. The smallest absolute Gasteiger partial charge is 0.269 e. The van der Waals surface area contributed by atoms with Crippen LogP contribution in [0.1, 0.15) is 139 Å². The summed E-state index contributed by atoms with van der Waals surface area (Å²) < 4.78 is 5.04. The molecule has 5 rings (SSSR count). The Kier molecular flexibility index (Phi) is 21.1. The van der Waals surface area contributed by atoms with Gasteiger partial charge in [-0.1, -0.05) is 106 Å². The fourth-order valence-electron chi connectivity index (χ4n) is 4.43. The van der Waals surface area contributed by atoms with Gasteiger partial charge >= 0.3 is 0 Å². The summed E-state index contributed by atoms with van der Waals surface area (Å²) in [6.45, 7) is 32.4. The van der Waals surface area contributed by atoms with Gasteiger partial charge in [0, 0.05) is 36.5 Å². The molecule has 0 aliphatic rings. The number of methoxy groups -OCH3 is 1. The van der Waals surface area contributed by atoms with Gasteiger partial charge in [0.2, 0.25) is 5.88 Å². The second-order valence-corrected chi connectivity index (χ2v) is 15.2. The molecule has 0 unspecified atom stereocenters. The third-order valence-electron chi connectivity index (χ3n) is 7.96. The molecule has 0 fully saturated rings. The first-order chi connectivity index (χ1) is 25.4. The van der Waals surface area contributed by atoms with Gasteiger partial charge < -0.3 is 9.58 Å². The molecule has 0 atom stereocenters. The highest BCUT2D eigenvalue weighted by Gasteiger charge is 2.14. The number of halogens is 1. The third-order valence-corrected chi connectivity index (χ3v) is 8.17. The largest absolute Gasteiger partial charge is 0.481 e. The molecule has 0 bridgehead atoms. The highest BCUT2D eigenvalue weighted by molar-refractivity contribution is 6.29. The van der Waals surface area contributed by atoms with Crippen molar-refractivity contribution in [2.45, 2.75) is 112 Å². The third kappa shape index (κ3) is 18.6. The lowest BCUT2D eigenvalue weighted by molar-refractivity contribution is 0.395. The van der Waals surface area contributed by atoms with E-state index in [4.69, 9.17) is 29.3 Å². The number of hydrogen-bond acceptors (Lipinski definition) is 6. The quantitative estimate of drug-likeness (QED) is 0.101. The maximum atomic E-state index is 6.74. The summed E-state index contributed by atoms with van der Waals surface area (Å²) >= 11 is 5.68. The lowest BCUT2D eigenvalue weighted by atomic mass is 9.88. The molecule has 0 amide bonds. The van der Waals surface area contributed by atoms with Crippen LogP contribution in [0.5, 0.6) is 5.88 Å². The zero-order valence-corrected chi connectivity index (χ0v) is 35.3. The average molecular weight is 747 g/mol. The van der Waals surface area contributed by atoms with Crippen molar-refractivity contribution in [3.05, 3.63) is 147 Å². The number of nitrogens with zero attached hydrogens (tertiary/aromatic N) is 6. The van der Waals surface area contributed by atoms with Gasteiger partial charge in [-0.05, 0) is 113 Å². The lowest BCUT2D eigenvalue weighted by Gasteiger charge is -2.18. The zero-order chi connectivity index (χ0) is 40.8. The highest BCUT2D eigenvalue weighted by Crippen LogP contribution is 2.24. The van der Waals surface area contributed by atoms with Crippen molar-refractivity contribution in [1.29, 1.82) is 0 Å². The molecule has 0 N–H and O–H groups in total. The van der Waals surface area contributed by atoms with Gasteiger partial charge in [0.05, 0.1) is 7.11 Å². The van der Waals surface area contributed by atoms with Crippen LogP contribution in [0.25, 0.3) is 4.85 Å². The van der Waals surface area contributed by atoms with E-state index < -0.39 is 0 Å². The molecule has 0 spiro atoms. The monoisotopic (exact) mass is 746 g/mol. The van der Waals surface area contributed by atoms with Crippen molar-refractivity contribution in [3.8, 4) is 18.2 Å². The molecule has 5 aromatic rings. The number of aryl methyl sites for hydroxylation is 1. The van der Waals surface area contributed by atoms with Crippen LogP contribution in [-0.4, -0.2) is 32.0 Å². The van der Waals surface area contributed by atoms with E-state index in [1.54, 1.807) is 31.9 Å². The van der Waals surface area contributed by atoms with Crippen LogP contribution >= 0.6 is 11.6 Å². The van der Waals surface area contributed by atoms with Crippen LogP contribution < -0.4 is 4.74 Å². The summed E-state index contributed by atoms with van der Waals surface area (Å²) in [6, 6.07) is 19.8. The number of terminal acetylenes is 1. The molecular formula is C46H59ClN6O. The lowest BCUT2D eigenvalue weighted by Crippen LogP contribution is -2.11. The van der Waals surface area contributed by atoms with E-state index in [1.807, 2.05) is 61.7 Å². The zero-order valence-electron chi connectivity index (χ0n) is 34.5. The Hall–Kier alpha value is -5.11. The first-order valence-electron chi connectivity index (χ1n) is 18.2. The van der Waals surface area contributed by atoms with E-state index in [9.17, 15) is 0 Å². The highest BCUT2D eigenvalue weighted by atomic mass is 35.5. The summed E-state index contributed by atoms with van der Waals surface area (Å²) in [6.07, 6.45) is 14.0. The fraction of sp³-hybridized carbons (Fsp3) is 0.391. The molecule has 0 radical (unpaired) electrons. The molecule has 5 heterocycles. The Morgan fingerprint density at radius 1 is 0.648 bits per heavy atom. The van der Waals surface area contributed by atoms with Crippen LogP contribution in [0.4, 0.5) is 5.82 Å². The first-order valence-corrected chi connectivity index (χ1v) is 18.6. The minimum Gasteiger partial charge on any atom is -0.481 e. The standard InChI is InChI=1S/C10H15NO.C10H11N.C9H10N2.C9H13N.C8H10ClN/c1-10(2,3)8-5-6-11-9(7-8)12-4;1-4-10-7-9(8(2)3)5-6-11-10;1-7(2)8-4-5-11-9(6-8)10-3;1-7(2)9-4-5-10-8(3)6-9;1-6(2)7-3-4-10-8(9)5-7/h5-7H,1-4H3;1,5-8H,2-3H3;4-7H,1-2H3;4-7H,1-3H3;3-6H,1-2H3. The number of hydrogen-bond donors (Lipinski definition) is 0. The Balaban J connectivity index is 0.000000338. The second-order valence-electron chi connectivity index (χ2n) is 14.8. The minimum absolute atomic E-state index is 0.163. The van der Waals surface area contributed by atoms with Crippen LogP contribution in [0, 0.1) is 25.8 Å². The predicted molar refractivity (Wildman–Crippen MR) is 227 cm³/mol. The number of rotatable bonds is 5. The Morgan fingerprint density at radius 2 is 1.11 bits per heavy atom. The Labute approximate surface area is 330 Å². The maximum Gasteiger partial charge on any atom is 0.269 e. The molecule has 7 nitrogen and oxygen atoms in total. The molecule has 286 valence electrons. The van der Waals surface area contributed by atoms with E-state index in [0.717, 1.165) is 11.4 Å². The SMILES string of the molecule is C#Cc1cc(C(C)C)ccn1.CC(C)c1ccnc(Cl)c1.COc1cc(C(C)(C)C)ccn1.Cc1cc(C(C)C)ccn1.[C-]#[N+]c1cc(C(C)C)ccn1. The number of ether oxygens (including phenoxy) is 1. The van der Waals surface area contributed by atoms with Gasteiger partial charge in [-0.2, -0.15) is 0 Å². The normalized spacial score (nSPS) is 10.3. The molecule has 0 aliphatic carbocycles. The van der Waals surface area contributed by atoms with Gasteiger partial charge in [-0.25, -0.2) is 15.0 Å². The Bertz CT molecular complexity index is 1800. The molecule has 0 saturated heterocycles. The van der Waals surface area contributed by atoms with Crippen LogP contribution in [-0.2, 0) is 5.41 Å². The van der Waals surface area contributed by atoms with E-state index in [0.29, 0.717) is 40.5 Å². The summed E-state index contributed by atoms with van der Waals surface area (Å²) in [4.78, 5) is 23.2. The van der Waals surface area contributed by atoms with E-state index in [-0.39, 0.29) is 5.41 Å². The van der Waals surface area contributed by atoms with Gasteiger partial charge in [-0.3, -0.25) is 4.98 Å². The van der Waals surface area contributed by atoms with Crippen molar-refractivity contribution >= 4 is 17.4 Å². The van der Waals surface area contributed by atoms with Crippen LogP contribution in [0.3, 0.4) is 0 Å². The summed E-state index contributed by atoms with van der Waals surface area (Å²) in [5.41, 5.74) is 8.25. The molecule has 0 aromatic carbocycles. The van der Waals surface area contributed by atoms with E-state index in [2.05, 4.69) is 124 Å². The maximum absolute atomic E-state index is 6.74. The van der Waals surface area contributed by atoms with Crippen molar-refractivity contribution in [2.75, 3.05) is 7.11 Å². The van der Waals surface area contributed by atoms with Gasteiger partial charge in [-0.15, -0.1) is 11.4 Å². The first kappa shape index (κ1) is 46.9. The predicted octanol–water partition coefficient (Wildman–Crippen LogP) is 12.7. The topological polar surface area (TPSA) is 78.0 Å². The summed E-state index contributed by atoms with van der Waals surface area (Å²) in [5.74, 6) is 5.81. The summed E-state index contributed by atoms with van der Waals surface area (Å²) in [5, 5.41) is 0.575. The van der Waals surface area contributed by atoms with Crippen molar-refractivity contribution in [2.24, 2.45) is 0 Å². The number of aromatic nitrogens is 5. The van der Waals surface area contributed by atoms with Gasteiger partial charge in [0.1, 0.15) is 17.0 Å². The second kappa shape index (κ2) is 24.3. The molecule has 8 heteroatoms. The van der Waals surface area contributed by atoms with Crippen molar-refractivity contribution in [1.82, 2.24) is 24.9 Å². The molecule has 54 heavy (non-hydrogen) atoms. The van der Waals surface area contributed by atoms with Crippen molar-refractivity contribution < 1.29 is 4.74 Å². The molecular weight excluding hydrogens is 688 g/mol. The van der Waals surface area contributed by atoms with Crippen LogP contribution in [0.15, 0.2) is 91.6 Å². The average Bonchev–Trinajstić information content (AvgIpc) is 3.15.